The molecular weight excluding hydrogens is 366 g/mol. The summed E-state index contributed by atoms with van der Waals surface area (Å²) < 4.78 is 15.4. The van der Waals surface area contributed by atoms with E-state index < -0.39 is 5.97 Å². The first kappa shape index (κ1) is 20.4. The van der Waals surface area contributed by atoms with E-state index in [4.69, 9.17) is 9.47 Å². The van der Waals surface area contributed by atoms with Crippen LogP contribution in [0.5, 0.6) is 11.5 Å². The topological polar surface area (TPSA) is 73.9 Å². The Labute approximate surface area is 162 Å². The molecule has 6 nitrogen and oxygen atoms in total. The largest absolute Gasteiger partial charge is 0.493 e. The normalized spacial score (nSPS) is 10.5. The van der Waals surface area contributed by atoms with Crippen molar-refractivity contribution in [3.8, 4) is 11.5 Å². The van der Waals surface area contributed by atoms with Crippen LogP contribution < -0.4 is 14.8 Å². The van der Waals surface area contributed by atoms with Crippen molar-refractivity contribution in [1.82, 2.24) is 0 Å². The number of hydrogen-bond acceptors (Lipinski definition) is 6. The minimum absolute atomic E-state index is 0.155. The number of rotatable bonds is 8. The maximum absolute atomic E-state index is 12.1. The second kappa shape index (κ2) is 10.3. The van der Waals surface area contributed by atoms with Crippen LogP contribution in [0.1, 0.15) is 5.56 Å². The summed E-state index contributed by atoms with van der Waals surface area (Å²) in [5.74, 6) is 0.167. The van der Waals surface area contributed by atoms with E-state index in [-0.39, 0.29) is 12.5 Å². The van der Waals surface area contributed by atoms with Gasteiger partial charge in [-0.1, -0.05) is 6.07 Å². The van der Waals surface area contributed by atoms with Crippen molar-refractivity contribution in [3.05, 3.63) is 54.1 Å². The molecule has 0 spiro atoms. The molecule has 0 bridgehead atoms. The lowest BCUT2D eigenvalue weighted by Crippen LogP contribution is -2.20. The van der Waals surface area contributed by atoms with Gasteiger partial charge in [-0.3, -0.25) is 4.79 Å². The van der Waals surface area contributed by atoms with Gasteiger partial charge in [-0.2, -0.15) is 0 Å². The zero-order chi connectivity index (χ0) is 19.6. The maximum Gasteiger partial charge on any atom is 0.330 e. The molecule has 0 saturated carbocycles. The van der Waals surface area contributed by atoms with Gasteiger partial charge in [0.15, 0.2) is 18.1 Å². The smallest absolute Gasteiger partial charge is 0.330 e. The highest BCUT2D eigenvalue weighted by molar-refractivity contribution is 7.98. The summed E-state index contributed by atoms with van der Waals surface area (Å²) in [5, 5.41) is 2.77. The molecule has 1 amide bonds. The molecule has 1 N–H and O–H groups in total. The quantitative estimate of drug-likeness (QED) is 0.424. The lowest BCUT2D eigenvalue weighted by Gasteiger charge is -2.11. The Bertz CT molecular complexity index is 818. The summed E-state index contributed by atoms with van der Waals surface area (Å²) in [6.45, 7) is -0.155. The van der Waals surface area contributed by atoms with Crippen molar-refractivity contribution < 1.29 is 23.8 Å². The molecule has 2 rings (SSSR count). The van der Waals surface area contributed by atoms with Crippen LogP contribution in [-0.2, 0) is 14.3 Å². The number of benzene rings is 2. The number of thioether (sulfide) groups is 1. The monoisotopic (exact) mass is 387 g/mol. The Morgan fingerprint density at radius 2 is 1.81 bits per heavy atom. The van der Waals surface area contributed by atoms with E-state index in [1.807, 2.05) is 30.5 Å². The summed E-state index contributed by atoms with van der Waals surface area (Å²) >= 11 is 1.63. The highest BCUT2D eigenvalue weighted by Crippen LogP contribution is 2.28. The second-order valence-corrected chi connectivity index (χ2v) is 6.21. The molecule has 0 heterocycles. The number of carbonyl (C=O) groups excluding carboxylic acids is 2. The van der Waals surface area contributed by atoms with E-state index in [9.17, 15) is 9.59 Å². The lowest BCUT2D eigenvalue weighted by molar-refractivity contribution is -0.134. The number of hydrogen-bond donors (Lipinski definition) is 1. The first-order chi connectivity index (χ1) is 13.0. The number of carbonyl (C=O) groups is 2. The van der Waals surface area contributed by atoms with Crippen molar-refractivity contribution in [1.29, 1.82) is 0 Å². The average Bonchev–Trinajstić information content (AvgIpc) is 2.71. The lowest BCUT2D eigenvalue weighted by atomic mass is 10.2. The van der Waals surface area contributed by atoms with Crippen LogP contribution >= 0.6 is 11.8 Å². The highest BCUT2D eigenvalue weighted by atomic mass is 32.2. The Morgan fingerprint density at radius 1 is 1.07 bits per heavy atom. The summed E-state index contributed by atoms with van der Waals surface area (Å²) in [6, 6.07) is 12.7. The van der Waals surface area contributed by atoms with Crippen LogP contribution in [0.4, 0.5) is 5.69 Å². The van der Waals surface area contributed by atoms with Crippen LogP contribution in [0, 0.1) is 0 Å². The standard InChI is InChI=1S/C20H21NO5S/c1-24-18-12-14(5-11-20(23)25-2)4-10-17(18)26-13-19(22)21-15-6-8-16(27-3)9-7-15/h4-12H,13H2,1-3H3,(H,21,22)/b11-5+. The van der Waals surface area contributed by atoms with Gasteiger partial charge in [0.05, 0.1) is 14.2 Å². The van der Waals surface area contributed by atoms with E-state index >= 15 is 0 Å². The molecule has 0 atom stereocenters. The van der Waals surface area contributed by atoms with Crippen LogP contribution in [0.3, 0.4) is 0 Å². The van der Waals surface area contributed by atoms with Crippen LogP contribution in [0.25, 0.3) is 6.08 Å². The Kier molecular flexibility index (Phi) is 7.76. The fourth-order valence-corrected chi connectivity index (χ4v) is 2.56. The van der Waals surface area contributed by atoms with Gasteiger partial charge in [-0.05, 0) is 54.3 Å². The van der Waals surface area contributed by atoms with Gasteiger partial charge in [0.1, 0.15) is 0 Å². The molecule has 2 aromatic rings. The predicted molar refractivity (Wildman–Crippen MR) is 106 cm³/mol. The van der Waals surface area contributed by atoms with Crippen molar-refractivity contribution in [2.24, 2.45) is 0 Å². The second-order valence-electron chi connectivity index (χ2n) is 5.33. The number of esters is 1. The third kappa shape index (κ3) is 6.38. The molecule has 0 unspecified atom stereocenters. The fraction of sp³-hybridized carbons (Fsp3) is 0.200. The molecule has 0 fully saturated rings. The van der Waals surface area contributed by atoms with E-state index in [1.165, 1.54) is 20.3 Å². The summed E-state index contributed by atoms with van der Waals surface area (Å²) in [7, 11) is 2.82. The summed E-state index contributed by atoms with van der Waals surface area (Å²) in [6.07, 6.45) is 4.90. The third-order valence-electron chi connectivity index (χ3n) is 3.53. The first-order valence-electron chi connectivity index (χ1n) is 8.06. The number of amides is 1. The maximum atomic E-state index is 12.1. The van der Waals surface area contributed by atoms with E-state index in [2.05, 4.69) is 10.1 Å². The fourth-order valence-electron chi connectivity index (χ4n) is 2.15. The van der Waals surface area contributed by atoms with Gasteiger partial charge >= 0.3 is 5.97 Å². The Morgan fingerprint density at radius 3 is 2.44 bits per heavy atom. The number of ether oxygens (including phenoxy) is 3. The van der Waals surface area contributed by atoms with Crippen molar-refractivity contribution in [3.63, 3.8) is 0 Å². The number of methoxy groups -OCH3 is 2. The zero-order valence-electron chi connectivity index (χ0n) is 15.4. The summed E-state index contributed by atoms with van der Waals surface area (Å²) in [5.41, 5.74) is 1.44. The average molecular weight is 387 g/mol. The van der Waals surface area contributed by atoms with E-state index in [1.54, 1.807) is 36.0 Å². The molecule has 0 radical (unpaired) electrons. The highest BCUT2D eigenvalue weighted by Gasteiger charge is 2.09. The number of anilines is 1. The Balaban J connectivity index is 1.96. The molecule has 0 aromatic heterocycles. The molecule has 0 aliphatic carbocycles. The molecule has 7 heteroatoms. The van der Waals surface area contributed by atoms with Gasteiger partial charge in [0, 0.05) is 16.7 Å². The van der Waals surface area contributed by atoms with Crippen LogP contribution in [0.15, 0.2) is 53.4 Å². The van der Waals surface area contributed by atoms with Gasteiger partial charge in [0.25, 0.3) is 5.91 Å². The molecule has 27 heavy (non-hydrogen) atoms. The van der Waals surface area contributed by atoms with Crippen molar-refractivity contribution in [2.45, 2.75) is 4.90 Å². The first-order valence-corrected chi connectivity index (χ1v) is 9.29. The summed E-state index contributed by atoms with van der Waals surface area (Å²) in [4.78, 5) is 24.4. The zero-order valence-corrected chi connectivity index (χ0v) is 16.2. The van der Waals surface area contributed by atoms with Gasteiger partial charge in [-0.25, -0.2) is 4.79 Å². The van der Waals surface area contributed by atoms with Gasteiger partial charge in [-0.15, -0.1) is 11.8 Å². The molecule has 0 aliphatic rings. The molecule has 0 aliphatic heterocycles. The van der Waals surface area contributed by atoms with Crippen LogP contribution in [-0.4, -0.2) is 39.0 Å². The van der Waals surface area contributed by atoms with Gasteiger partial charge < -0.3 is 19.5 Å². The van der Waals surface area contributed by atoms with E-state index in [0.717, 1.165) is 10.5 Å². The molecule has 142 valence electrons. The molecular formula is C20H21NO5S. The molecule has 0 saturated heterocycles. The SMILES string of the molecule is COC(=O)/C=C/c1ccc(OCC(=O)Nc2ccc(SC)cc2)c(OC)c1. The number of nitrogens with one attached hydrogen (secondary N) is 1. The molecule has 2 aromatic carbocycles. The minimum Gasteiger partial charge on any atom is -0.493 e. The predicted octanol–water partition coefficient (Wildman–Crippen LogP) is 3.62. The van der Waals surface area contributed by atoms with Crippen molar-refractivity contribution >= 4 is 35.4 Å². The van der Waals surface area contributed by atoms with Gasteiger partial charge in [0.2, 0.25) is 0 Å². The third-order valence-corrected chi connectivity index (χ3v) is 4.28. The van der Waals surface area contributed by atoms with E-state index in [0.29, 0.717) is 17.2 Å². The van der Waals surface area contributed by atoms with Crippen LogP contribution in [0.2, 0.25) is 0 Å². The minimum atomic E-state index is -0.448. The van der Waals surface area contributed by atoms with Crippen molar-refractivity contribution in [2.75, 3.05) is 32.4 Å². The Hall–Kier alpha value is -2.93.